The molecule has 0 aliphatic rings. The van der Waals surface area contributed by atoms with Gasteiger partial charge in [0.05, 0.1) is 0 Å². The molecule has 106 valence electrons. The molecule has 4 heteroatoms. The van der Waals surface area contributed by atoms with E-state index in [4.69, 9.17) is 11.6 Å². The number of hydrogen-bond donors (Lipinski definition) is 1. The van der Waals surface area contributed by atoms with Gasteiger partial charge in [-0.15, -0.1) is 0 Å². The normalized spacial score (nSPS) is 12.4. The van der Waals surface area contributed by atoms with Crippen LogP contribution in [0, 0.1) is 11.7 Å². The minimum Gasteiger partial charge on any atom is -0.396 e. The molecule has 20 heavy (non-hydrogen) atoms. The van der Waals surface area contributed by atoms with E-state index in [1.165, 1.54) is 6.07 Å². The summed E-state index contributed by atoms with van der Waals surface area (Å²) in [7, 11) is 0. The van der Waals surface area contributed by atoms with Crippen LogP contribution in [0.25, 0.3) is 0 Å². The molecule has 0 aliphatic heterocycles. The van der Waals surface area contributed by atoms with E-state index in [1.807, 2.05) is 24.3 Å². The average Bonchev–Trinajstić information content (AvgIpc) is 2.43. The van der Waals surface area contributed by atoms with E-state index in [9.17, 15) is 9.50 Å². The second-order valence-corrected chi connectivity index (χ2v) is 6.17. The number of rotatable bonds is 5. The summed E-state index contributed by atoms with van der Waals surface area (Å²) in [6.45, 7) is 0.0259. The zero-order valence-corrected chi connectivity index (χ0v) is 13.2. The molecule has 0 bridgehead atoms. The molecule has 1 nitrogen and oxygen atoms in total. The van der Waals surface area contributed by atoms with Crippen LogP contribution in [0.3, 0.4) is 0 Å². The van der Waals surface area contributed by atoms with Gasteiger partial charge >= 0.3 is 0 Å². The summed E-state index contributed by atoms with van der Waals surface area (Å²) in [4.78, 5) is 0. The molecule has 2 aromatic rings. The third kappa shape index (κ3) is 4.30. The second kappa shape index (κ2) is 7.21. The van der Waals surface area contributed by atoms with Crippen LogP contribution in [0.4, 0.5) is 4.39 Å². The Labute approximate surface area is 131 Å². The number of hydrogen-bond acceptors (Lipinski definition) is 1. The lowest BCUT2D eigenvalue weighted by atomic mass is 9.93. The third-order valence-corrected chi connectivity index (χ3v) is 3.98. The first-order chi connectivity index (χ1) is 9.58. The molecule has 0 amide bonds. The van der Waals surface area contributed by atoms with Gasteiger partial charge in [-0.05, 0) is 54.2 Å². The summed E-state index contributed by atoms with van der Waals surface area (Å²) < 4.78 is 14.8. The van der Waals surface area contributed by atoms with E-state index in [1.54, 1.807) is 12.1 Å². The van der Waals surface area contributed by atoms with Crippen molar-refractivity contribution in [3.63, 3.8) is 0 Å². The maximum Gasteiger partial charge on any atom is 0.127 e. The Bertz CT molecular complexity index is 571. The minimum atomic E-state index is -0.313. The zero-order chi connectivity index (χ0) is 14.5. The third-order valence-electron chi connectivity index (χ3n) is 3.22. The molecule has 2 aromatic carbocycles. The van der Waals surface area contributed by atoms with Crippen molar-refractivity contribution in [2.24, 2.45) is 5.92 Å². The Hall–Kier alpha value is -0.900. The molecule has 0 aromatic heterocycles. The summed E-state index contributed by atoms with van der Waals surface area (Å²) in [6.07, 6.45) is 1.21. The van der Waals surface area contributed by atoms with Crippen molar-refractivity contribution in [2.45, 2.75) is 12.8 Å². The lowest BCUT2D eigenvalue weighted by molar-refractivity contribution is 0.224. The van der Waals surface area contributed by atoms with E-state index < -0.39 is 0 Å². The summed E-state index contributed by atoms with van der Waals surface area (Å²) in [5.41, 5.74) is 1.71. The van der Waals surface area contributed by atoms with Gasteiger partial charge in [-0.2, -0.15) is 0 Å². The Morgan fingerprint density at radius 1 is 1.10 bits per heavy atom. The number of benzene rings is 2. The molecule has 0 saturated heterocycles. The molecule has 0 fully saturated rings. The molecule has 0 radical (unpaired) electrons. The van der Waals surface area contributed by atoms with E-state index in [0.29, 0.717) is 23.4 Å². The first-order valence-corrected chi connectivity index (χ1v) is 7.55. The van der Waals surface area contributed by atoms with Gasteiger partial charge in [0.25, 0.3) is 0 Å². The van der Waals surface area contributed by atoms with Gasteiger partial charge < -0.3 is 5.11 Å². The van der Waals surface area contributed by atoms with Crippen LogP contribution >= 0.6 is 27.5 Å². The molecule has 1 unspecified atom stereocenters. The number of halogens is 3. The maximum atomic E-state index is 13.8. The van der Waals surface area contributed by atoms with Crippen LogP contribution in [0.1, 0.15) is 11.1 Å². The molecule has 1 N–H and O–H groups in total. The Kier molecular flexibility index (Phi) is 5.58. The van der Waals surface area contributed by atoms with E-state index in [2.05, 4.69) is 15.9 Å². The van der Waals surface area contributed by atoms with E-state index in [0.717, 1.165) is 10.0 Å². The van der Waals surface area contributed by atoms with Gasteiger partial charge in [-0.1, -0.05) is 45.7 Å². The minimum absolute atomic E-state index is 0.00755. The highest BCUT2D eigenvalue weighted by Gasteiger charge is 2.13. The second-order valence-electron chi connectivity index (χ2n) is 4.82. The van der Waals surface area contributed by atoms with Gasteiger partial charge in [0.1, 0.15) is 5.82 Å². The highest BCUT2D eigenvalue weighted by molar-refractivity contribution is 9.10. The van der Waals surface area contributed by atoms with Crippen LogP contribution in [-0.2, 0) is 12.8 Å². The van der Waals surface area contributed by atoms with Crippen LogP contribution in [0.15, 0.2) is 46.9 Å². The molecule has 2 rings (SSSR count). The van der Waals surface area contributed by atoms with Crippen molar-refractivity contribution in [3.05, 3.63) is 68.9 Å². The van der Waals surface area contributed by atoms with E-state index >= 15 is 0 Å². The van der Waals surface area contributed by atoms with Crippen molar-refractivity contribution in [3.8, 4) is 0 Å². The van der Waals surface area contributed by atoms with Crippen LogP contribution < -0.4 is 0 Å². The van der Waals surface area contributed by atoms with E-state index in [-0.39, 0.29) is 18.3 Å². The molecule has 1 atom stereocenters. The Balaban J connectivity index is 2.07. The van der Waals surface area contributed by atoms with Crippen molar-refractivity contribution in [1.82, 2.24) is 0 Å². The smallest absolute Gasteiger partial charge is 0.127 e. The summed E-state index contributed by atoms with van der Waals surface area (Å²) >= 11 is 9.13. The van der Waals surface area contributed by atoms with Gasteiger partial charge in [0.15, 0.2) is 0 Å². The summed E-state index contributed by atoms with van der Waals surface area (Å²) in [5.74, 6) is -0.321. The number of aliphatic hydroxyl groups is 1. The quantitative estimate of drug-likeness (QED) is 0.827. The molecule has 0 saturated carbocycles. The highest BCUT2D eigenvalue weighted by atomic mass is 79.9. The van der Waals surface area contributed by atoms with Crippen LogP contribution in [0.5, 0.6) is 0 Å². The fraction of sp³-hybridized carbons (Fsp3) is 0.250. The molecule has 0 heterocycles. The van der Waals surface area contributed by atoms with Crippen molar-refractivity contribution < 1.29 is 9.50 Å². The highest BCUT2D eigenvalue weighted by Crippen LogP contribution is 2.20. The summed E-state index contributed by atoms with van der Waals surface area (Å²) in [6, 6.07) is 12.6. The predicted molar refractivity (Wildman–Crippen MR) is 83.5 cm³/mol. The zero-order valence-electron chi connectivity index (χ0n) is 10.8. The fourth-order valence-corrected chi connectivity index (χ4v) is 2.58. The van der Waals surface area contributed by atoms with Crippen molar-refractivity contribution >= 4 is 27.5 Å². The largest absolute Gasteiger partial charge is 0.396 e. The van der Waals surface area contributed by atoms with Gasteiger partial charge in [0.2, 0.25) is 0 Å². The molecule has 0 spiro atoms. The standard InChI is InChI=1S/C16H15BrClFO/c17-14-4-1-11(2-5-14)7-12(10-20)8-13-3-6-15(18)9-16(13)19/h1-6,9,12,20H,7-8,10H2. The Morgan fingerprint density at radius 2 is 1.80 bits per heavy atom. The lowest BCUT2D eigenvalue weighted by Crippen LogP contribution is -2.13. The fourth-order valence-electron chi connectivity index (χ4n) is 2.15. The van der Waals surface area contributed by atoms with Crippen molar-refractivity contribution in [2.75, 3.05) is 6.61 Å². The molecular weight excluding hydrogens is 343 g/mol. The average molecular weight is 358 g/mol. The van der Waals surface area contributed by atoms with Crippen LogP contribution in [-0.4, -0.2) is 11.7 Å². The van der Waals surface area contributed by atoms with Gasteiger partial charge in [-0.25, -0.2) is 4.39 Å². The van der Waals surface area contributed by atoms with Gasteiger partial charge in [0, 0.05) is 16.1 Å². The summed E-state index contributed by atoms with van der Waals surface area (Å²) in [5, 5.41) is 9.88. The first-order valence-electron chi connectivity index (χ1n) is 6.37. The maximum absolute atomic E-state index is 13.8. The Morgan fingerprint density at radius 3 is 2.40 bits per heavy atom. The van der Waals surface area contributed by atoms with Gasteiger partial charge in [-0.3, -0.25) is 0 Å². The monoisotopic (exact) mass is 356 g/mol. The molecule has 0 aliphatic carbocycles. The van der Waals surface area contributed by atoms with Crippen LogP contribution in [0.2, 0.25) is 5.02 Å². The SMILES string of the molecule is OCC(Cc1ccc(Br)cc1)Cc1ccc(Cl)cc1F. The number of aliphatic hydroxyl groups excluding tert-OH is 1. The lowest BCUT2D eigenvalue weighted by Gasteiger charge is -2.15. The first kappa shape index (κ1) is 15.5. The van der Waals surface area contributed by atoms with Crippen molar-refractivity contribution in [1.29, 1.82) is 0 Å². The topological polar surface area (TPSA) is 20.2 Å². The predicted octanol–water partition coefficient (Wildman–Crippen LogP) is 4.64. The molecular formula is C16H15BrClFO.